The lowest BCUT2D eigenvalue weighted by Gasteiger charge is -2.36. The van der Waals surface area contributed by atoms with Gasteiger partial charge in [-0.25, -0.2) is 0 Å². The first-order chi connectivity index (χ1) is 5.77. The van der Waals surface area contributed by atoms with Gasteiger partial charge in [-0.05, 0) is 32.2 Å². The van der Waals surface area contributed by atoms with Gasteiger partial charge in [0, 0.05) is 18.6 Å². The highest BCUT2D eigenvalue weighted by atomic mass is 15.2. The Labute approximate surface area is 76.1 Å². The van der Waals surface area contributed by atoms with Gasteiger partial charge in [-0.15, -0.1) is 0 Å². The van der Waals surface area contributed by atoms with E-state index >= 15 is 0 Å². The topological polar surface area (TPSA) is 29.3 Å². The Hall–Kier alpha value is -0.0800. The minimum Gasteiger partial charge on any atom is -0.327 e. The number of nitrogens with zero attached hydrogens (tertiary/aromatic N) is 1. The summed E-state index contributed by atoms with van der Waals surface area (Å²) >= 11 is 0. The normalized spacial score (nSPS) is 26.5. The van der Waals surface area contributed by atoms with E-state index in [-0.39, 0.29) is 0 Å². The van der Waals surface area contributed by atoms with Crippen LogP contribution in [-0.2, 0) is 0 Å². The van der Waals surface area contributed by atoms with Crippen molar-refractivity contribution in [3.05, 3.63) is 0 Å². The highest BCUT2D eigenvalue weighted by molar-refractivity contribution is 4.79. The molecule has 1 saturated heterocycles. The molecule has 2 N–H and O–H groups in total. The maximum absolute atomic E-state index is 5.93. The van der Waals surface area contributed by atoms with Crippen LogP contribution in [0.5, 0.6) is 0 Å². The molecule has 1 atom stereocenters. The molecular formula is C10H22N2. The first-order valence-corrected chi connectivity index (χ1v) is 5.27. The summed E-state index contributed by atoms with van der Waals surface area (Å²) in [5.41, 5.74) is 5.93. The zero-order chi connectivity index (χ0) is 8.97. The van der Waals surface area contributed by atoms with Crippen molar-refractivity contribution in [2.45, 2.75) is 51.6 Å². The number of hydrogen-bond acceptors (Lipinski definition) is 2. The average molecular weight is 170 g/mol. The Morgan fingerprint density at radius 1 is 1.42 bits per heavy atom. The largest absolute Gasteiger partial charge is 0.327 e. The molecular weight excluding hydrogens is 148 g/mol. The second-order valence-corrected chi connectivity index (χ2v) is 3.87. The zero-order valence-electron chi connectivity index (χ0n) is 8.42. The first-order valence-electron chi connectivity index (χ1n) is 5.27. The molecule has 1 heterocycles. The third-order valence-electron chi connectivity index (χ3n) is 2.95. The summed E-state index contributed by atoms with van der Waals surface area (Å²) in [6.07, 6.45) is 5.04. The third-order valence-corrected chi connectivity index (χ3v) is 2.95. The van der Waals surface area contributed by atoms with E-state index in [0.717, 1.165) is 12.6 Å². The molecule has 1 unspecified atom stereocenters. The number of hydrogen-bond donors (Lipinski definition) is 1. The van der Waals surface area contributed by atoms with Gasteiger partial charge in [-0.3, -0.25) is 4.90 Å². The molecule has 72 valence electrons. The van der Waals surface area contributed by atoms with Crippen LogP contribution in [0.15, 0.2) is 0 Å². The Morgan fingerprint density at radius 3 is 2.58 bits per heavy atom. The van der Waals surface area contributed by atoms with Crippen LogP contribution in [0.2, 0.25) is 0 Å². The molecule has 0 bridgehead atoms. The second-order valence-electron chi connectivity index (χ2n) is 3.87. The quantitative estimate of drug-likeness (QED) is 0.697. The minimum absolute atomic E-state index is 0.430. The Bertz CT molecular complexity index is 121. The highest BCUT2D eigenvalue weighted by Gasteiger charge is 2.21. The van der Waals surface area contributed by atoms with Gasteiger partial charge in [0.05, 0.1) is 0 Å². The van der Waals surface area contributed by atoms with Crippen molar-refractivity contribution in [3.8, 4) is 0 Å². The van der Waals surface area contributed by atoms with Crippen LogP contribution in [0, 0.1) is 0 Å². The van der Waals surface area contributed by atoms with Crippen LogP contribution in [0.3, 0.4) is 0 Å². The summed E-state index contributed by atoms with van der Waals surface area (Å²) < 4.78 is 0. The molecule has 0 amide bonds. The molecule has 1 rings (SSSR count). The Morgan fingerprint density at radius 2 is 2.08 bits per heavy atom. The zero-order valence-corrected chi connectivity index (χ0v) is 8.42. The number of likely N-dealkylation sites (tertiary alicyclic amines) is 1. The van der Waals surface area contributed by atoms with E-state index in [2.05, 4.69) is 18.7 Å². The molecule has 12 heavy (non-hydrogen) atoms. The number of rotatable bonds is 3. The lowest BCUT2D eigenvalue weighted by atomic mass is 10.0. The van der Waals surface area contributed by atoms with E-state index in [4.69, 9.17) is 5.73 Å². The Kier molecular flexibility index (Phi) is 4.02. The van der Waals surface area contributed by atoms with E-state index in [0.29, 0.717) is 6.04 Å². The van der Waals surface area contributed by atoms with Crippen molar-refractivity contribution >= 4 is 0 Å². The van der Waals surface area contributed by atoms with Crippen molar-refractivity contribution in [2.24, 2.45) is 5.73 Å². The summed E-state index contributed by atoms with van der Waals surface area (Å²) in [6.45, 7) is 6.93. The van der Waals surface area contributed by atoms with Crippen molar-refractivity contribution in [1.29, 1.82) is 0 Å². The fraction of sp³-hybridized carbons (Fsp3) is 1.00. The van der Waals surface area contributed by atoms with Crippen LogP contribution < -0.4 is 5.73 Å². The van der Waals surface area contributed by atoms with Crippen molar-refractivity contribution in [1.82, 2.24) is 4.90 Å². The first kappa shape index (κ1) is 10.0. The van der Waals surface area contributed by atoms with Crippen LogP contribution in [-0.4, -0.2) is 30.1 Å². The lowest BCUT2D eigenvalue weighted by Crippen LogP contribution is -2.47. The summed E-state index contributed by atoms with van der Waals surface area (Å²) in [5.74, 6) is 0. The second kappa shape index (κ2) is 4.83. The molecule has 0 radical (unpaired) electrons. The predicted octanol–water partition coefficient (Wildman–Crippen LogP) is 1.60. The van der Waals surface area contributed by atoms with Crippen molar-refractivity contribution < 1.29 is 0 Å². The molecule has 2 nitrogen and oxygen atoms in total. The van der Waals surface area contributed by atoms with E-state index < -0.39 is 0 Å². The molecule has 0 aromatic carbocycles. The maximum atomic E-state index is 5.93. The van der Waals surface area contributed by atoms with Crippen LogP contribution in [0.25, 0.3) is 0 Å². The smallest absolute Gasteiger partial charge is 0.0168 e. The Balaban J connectivity index is 2.38. The van der Waals surface area contributed by atoms with Gasteiger partial charge < -0.3 is 5.73 Å². The van der Waals surface area contributed by atoms with E-state index in [1.165, 1.54) is 32.2 Å². The van der Waals surface area contributed by atoms with Gasteiger partial charge >= 0.3 is 0 Å². The van der Waals surface area contributed by atoms with Crippen molar-refractivity contribution in [2.75, 3.05) is 13.1 Å². The molecule has 1 aliphatic rings. The molecule has 0 spiro atoms. The van der Waals surface area contributed by atoms with Gasteiger partial charge in [-0.1, -0.05) is 13.8 Å². The van der Waals surface area contributed by atoms with E-state index in [1.54, 1.807) is 0 Å². The third kappa shape index (κ3) is 2.46. The van der Waals surface area contributed by atoms with Gasteiger partial charge in [-0.2, -0.15) is 0 Å². The SMILES string of the molecule is CCC(CC)N1CCCC(N)C1. The fourth-order valence-electron chi connectivity index (χ4n) is 2.18. The summed E-state index contributed by atoms with van der Waals surface area (Å²) in [5, 5.41) is 0. The lowest BCUT2D eigenvalue weighted by molar-refractivity contribution is 0.142. The van der Waals surface area contributed by atoms with Crippen LogP contribution >= 0.6 is 0 Å². The van der Waals surface area contributed by atoms with Crippen molar-refractivity contribution in [3.63, 3.8) is 0 Å². The minimum atomic E-state index is 0.430. The molecule has 0 aromatic heterocycles. The molecule has 0 aromatic rings. The fourth-order valence-corrected chi connectivity index (χ4v) is 2.18. The summed E-state index contributed by atoms with van der Waals surface area (Å²) in [4.78, 5) is 2.56. The van der Waals surface area contributed by atoms with Gasteiger partial charge in [0.1, 0.15) is 0 Å². The monoisotopic (exact) mass is 170 g/mol. The highest BCUT2D eigenvalue weighted by Crippen LogP contribution is 2.15. The summed E-state index contributed by atoms with van der Waals surface area (Å²) in [6, 6.07) is 1.20. The van der Waals surface area contributed by atoms with Gasteiger partial charge in [0.2, 0.25) is 0 Å². The maximum Gasteiger partial charge on any atom is 0.0168 e. The summed E-state index contributed by atoms with van der Waals surface area (Å²) in [7, 11) is 0. The number of nitrogens with two attached hydrogens (primary N) is 1. The molecule has 1 aliphatic heterocycles. The van der Waals surface area contributed by atoms with Crippen LogP contribution in [0.1, 0.15) is 39.5 Å². The molecule has 0 aliphatic carbocycles. The number of piperidine rings is 1. The standard InChI is InChI=1S/C10H22N2/c1-3-10(4-2)12-7-5-6-9(11)8-12/h9-10H,3-8,11H2,1-2H3. The molecule has 2 heteroatoms. The molecule has 1 fully saturated rings. The van der Waals surface area contributed by atoms with Gasteiger partial charge in [0.25, 0.3) is 0 Å². The van der Waals surface area contributed by atoms with Gasteiger partial charge in [0.15, 0.2) is 0 Å². The van der Waals surface area contributed by atoms with E-state index in [9.17, 15) is 0 Å². The van der Waals surface area contributed by atoms with Crippen LogP contribution in [0.4, 0.5) is 0 Å². The molecule has 0 saturated carbocycles. The van der Waals surface area contributed by atoms with E-state index in [1.807, 2.05) is 0 Å². The average Bonchev–Trinajstić information content (AvgIpc) is 2.07. The predicted molar refractivity (Wildman–Crippen MR) is 53.2 cm³/mol.